The predicted octanol–water partition coefficient (Wildman–Crippen LogP) is 7.25. The number of fused-ring (bicyclic) bond motifs is 2. The molecule has 21 heteroatoms. The van der Waals surface area contributed by atoms with Gasteiger partial charge in [-0.1, -0.05) is 49.3 Å². The van der Waals surface area contributed by atoms with Crippen LogP contribution in [0.25, 0.3) is 21.7 Å². The number of thiazole rings is 1. The van der Waals surface area contributed by atoms with Crippen LogP contribution in [0.2, 0.25) is 0 Å². The Kier molecular flexibility index (Phi) is 16.1. The number of nitrogens with zero attached hydrogens (tertiary/aromatic N) is 10. The van der Waals surface area contributed by atoms with Gasteiger partial charge in [-0.3, -0.25) is 14.5 Å². The van der Waals surface area contributed by atoms with E-state index in [1.54, 1.807) is 40.6 Å². The Bertz CT molecular complexity index is 3210. The molecule has 1 aliphatic carbocycles. The lowest BCUT2D eigenvalue weighted by molar-refractivity contribution is -0.141. The molecule has 2 bridgehead atoms. The van der Waals surface area contributed by atoms with E-state index in [0.29, 0.717) is 41.8 Å². The maximum absolute atomic E-state index is 15.2. The summed E-state index contributed by atoms with van der Waals surface area (Å²) in [6, 6.07) is 20.3. The topological polar surface area (TPSA) is 234 Å². The van der Waals surface area contributed by atoms with Gasteiger partial charge in [-0.2, -0.15) is 0 Å². The lowest BCUT2D eigenvalue weighted by Crippen LogP contribution is -2.54. The number of amides is 2. The first-order valence-electron chi connectivity index (χ1n) is 29.3. The number of para-hydroxylation sites is 1. The highest BCUT2D eigenvalue weighted by Crippen LogP contribution is 2.43. The van der Waals surface area contributed by atoms with Crippen LogP contribution in [0, 0.1) is 24.7 Å². The third-order valence-corrected chi connectivity index (χ3v) is 18.9. The molecule has 6 aromatic rings. The fraction of sp³-hybridized carbons (Fsp3) is 0.508. The van der Waals surface area contributed by atoms with Crippen LogP contribution in [0.4, 0.5) is 23.0 Å². The monoisotopic (exact) mass is 1130 g/mol. The Hall–Kier alpha value is -7.36. The molecular formula is C61H75N13O7S. The van der Waals surface area contributed by atoms with Gasteiger partial charge in [0.2, 0.25) is 17.7 Å². The van der Waals surface area contributed by atoms with Crippen molar-refractivity contribution in [3.63, 3.8) is 0 Å². The minimum Gasteiger partial charge on any atom is -0.504 e. The number of likely N-dealkylation sites (tertiary alicyclic amines) is 1. The van der Waals surface area contributed by atoms with Crippen LogP contribution >= 0.6 is 11.3 Å². The molecule has 2 aromatic carbocycles. The Morgan fingerprint density at radius 3 is 2.38 bits per heavy atom. The smallest absolute Gasteiger partial charge is 0.243 e. The first-order chi connectivity index (χ1) is 39.8. The van der Waals surface area contributed by atoms with Crippen LogP contribution in [0.15, 0.2) is 83.0 Å². The number of nitrogen functional groups attached to an aromatic ring is 1. The Labute approximate surface area is 482 Å². The van der Waals surface area contributed by atoms with Gasteiger partial charge in [0.05, 0.1) is 40.0 Å². The van der Waals surface area contributed by atoms with E-state index in [1.807, 2.05) is 81.7 Å². The fourth-order valence-corrected chi connectivity index (χ4v) is 14.1. The van der Waals surface area contributed by atoms with Gasteiger partial charge in [-0.05, 0) is 113 Å². The van der Waals surface area contributed by atoms with Crippen molar-refractivity contribution in [1.29, 1.82) is 0 Å². The van der Waals surface area contributed by atoms with Crippen LogP contribution in [0.1, 0.15) is 94.7 Å². The third-order valence-electron chi connectivity index (χ3n) is 17.9. The molecule has 6 atom stereocenters. The zero-order valence-corrected chi connectivity index (χ0v) is 48.0. The molecule has 2 amide bonds. The fourth-order valence-electron chi connectivity index (χ4n) is 13.3. The number of nitrogens with two attached hydrogens (primary N) is 1. The summed E-state index contributed by atoms with van der Waals surface area (Å²) >= 11 is 1.59. The average molecular weight is 1130 g/mol. The highest BCUT2D eigenvalue weighted by molar-refractivity contribution is 7.13. The van der Waals surface area contributed by atoms with E-state index in [9.17, 15) is 14.7 Å². The molecule has 4 aromatic heterocycles. The number of phenols is 1. The molecule has 9 heterocycles. The number of carbonyl (C=O) groups excluding carboxylic acids is 3. The van der Waals surface area contributed by atoms with Crippen molar-refractivity contribution in [2.75, 3.05) is 85.9 Å². The van der Waals surface area contributed by atoms with E-state index in [2.05, 4.69) is 55.6 Å². The van der Waals surface area contributed by atoms with Crippen LogP contribution in [-0.4, -0.2) is 154 Å². The van der Waals surface area contributed by atoms with Crippen molar-refractivity contribution < 1.29 is 33.5 Å². The number of benzene rings is 2. The maximum atomic E-state index is 15.2. The number of hydrogen-bond donors (Lipinski definition) is 4. The first-order valence-corrected chi connectivity index (χ1v) is 30.2. The van der Waals surface area contributed by atoms with Crippen molar-refractivity contribution >= 4 is 52.4 Å². The van der Waals surface area contributed by atoms with Gasteiger partial charge in [0.1, 0.15) is 30.5 Å². The van der Waals surface area contributed by atoms with Gasteiger partial charge < -0.3 is 59.9 Å². The lowest BCUT2D eigenvalue weighted by Gasteiger charge is -2.43. The molecule has 12 rings (SSSR count). The van der Waals surface area contributed by atoms with E-state index in [4.69, 9.17) is 19.7 Å². The standard InChI is InChI=1S/C61H75N13O7S/c1-36(2)56(53-29-54(69-81-53)71-22-20-70(21-23-71)30-39-14-17-63-18-15-39)61(78)73-33-47(27-51(73)60(77)66-37(3)41-8-10-42(11-9-41)58-38(4)65-35-82-58)79-52-7-5-6-48(57(52)76)49-28-50(59(62)68-67-49)72-31-44-12-13-45(32-72)74(44)43-16-19-64-55(26-43)80-46-24-40(25-46)34-75/h5-11,16,19,26,28-29,34-37,39-40,44-47,51,56,63,76H,12-15,17-18,20-25,27,30-33H2,1-4H3,(H2,62,68)(H,66,77)/t37-,40-,44?,45?,46-,47+,51-,56-/m0/s1. The number of rotatable bonds is 18. The second-order valence-corrected chi connectivity index (χ2v) is 24.6. The second kappa shape index (κ2) is 23.9. The number of pyridine rings is 1. The quantitative estimate of drug-likeness (QED) is 0.0621. The number of nitrogens with one attached hydrogen (secondary N) is 2. The molecule has 5 N–H and O–H groups in total. The molecule has 0 spiro atoms. The molecule has 432 valence electrons. The Morgan fingerprint density at radius 1 is 0.890 bits per heavy atom. The number of aromatic nitrogens is 5. The predicted molar refractivity (Wildman–Crippen MR) is 314 cm³/mol. The molecule has 6 fully saturated rings. The van der Waals surface area contributed by atoms with Crippen molar-refractivity contribution in [3.8, 4) is 39.1 Å². The maximum Gasteiger partial charge on any atom is 0.243 e. The number of piperazine rings is 2. The summed E-state index contributed by atoms with van der Waals surface area (Å²) in [5, 5.41) is 32.2. The highest BCUT2D eigenvalue weighted by Gasteiger charge is 2.46. The normalized spacial score (nSPS) is 23.9. The van der Waals surface area contributed by atoms with E-state index < -0.39 is 18.1 Å². The zero-order chi connectivity index (χ0) is 56.6. The van der Waals surface area contributed by atoms with E-state index in [1.165, 1.54) is 12.8 Å². The van der Waals surface area contributed by atoms with Gasteiger partial charge in [0.25, 0.3) is 0 Å². The van der Waals surface area contributed by atoms with Crippen LogP contribution in [0.3, 0.4) is 0 Å². The molecule has 6 aliphatic rings. The summed E-state index contributed by atoms with van der Waals surface area (Å²) < 4.78 is 18.9. The van der Waals surface area contributed by atoms with Gasteiger partial charge in [-0.15, -0.1) is 21.5 Å². The molecular weight excluding hydrogens is 1060 g/mol. The minimum atomic E-state index is -0.902. The van der Waals surface area contributed by atoms with E-state index >= 15 is 4.79 Å². The summed E-state index contributed by atoms with van der Waals surface area (Å²) in [7, 11) is 0. The van der Waals surface area contributed by atoms with Crippen molar-refractivity contribution in [2.24, 2.45) is 17.8 Å². The van der Waals surface area contributed by atoms with Gasteiger partial charge in [0, 0.05) is 99.8 Å². The van der Waals surface area contributed by atoms with Crippen molar-refractivity contribution in [2.45, 2.75) is 115 Å². The number of phenolic OH excluding ortho intramolecular Hbond substituents is 1. The molecule has 20 nitrogen and oxygen atoms in total. The molecule has 1 saturated carbocycles. The molecule has 2 unspecified atom stereocenters. The van der Waals surface area contributed by atoms with Gasteiger partial charge >= 0.3 is 0 Å². The summed E-state index contributed by atoms with van der Waals surface area (Å²) in [6.07, 6.45) is 8.14. The zero-order valence-electron chi connectivity index (χ0n) is 47.2. The average Bonchev–Trinajstić information content (AvgIpc) is 4.33. The van der Waals surface area contributed by atoms with Crippen LogP contribution in [0.5, 0.6) is 17.4 Å². The summed E-state index contributed by atoms with van der Waals surface area (Å²) in [5.41, 5.74) is 14.0. The third kappa shape index (κ3) is 11.6. The number of anilines is 4. The largest absolute Gasteiger partial charge is 0.504 e. The van der Waals surface area contributed by atoms with Gasteiger partial charge in [0.15, 0.2) is 28.9 Å². The highest BCUT2D eigenvalue weighted by atomic mass is 32.1. The van der Waals surface area contributed by atoms with Crippen molar-refractivity contribution in [3.05, 3.63) is 95.5 Å². The van der Waals surface area contributed by atoms with E-state index in [0.717, 1.165) is 117 Å². The van der Waals surface area contributed by atoms with Crippen molar-refractivity contribution in [1.82, 2.24) is 45.8 Å². The molecule has 5 aliphatic heterocycles. The lowest BCUT2D eigenvalue weighted by atomic mass is 9.83. The van der Waals surface area contributed by atoms with Crippen LogP contribution < -0.4 is 40.5 Å². The number of aryl methyl sites for hydroxylation is 1. The summed E-state index contributed by atoms with van der Waals surface area (Å²) in [5.74, 6) is 1.34. The molecule has 0 radical (unpaired) electrons. The molecule has 5 saturated heterocycles. The van der Waals surface area contributed by atoms with Crippen LogP contribution in [-0.2, 0) is 14.4 Å². The Morgan fingerprint density at radius 2 is 1.66 bits per heavy atom. The minimum absolute atomic E-state index is 0.00260. The first kappa shape index (κ1) is 55.2. The van der Waals surface area contributed by atoms with E-state index in [-0.39, 0.29) is 78.2 Å². The number of hydrogen-bond acceptors (Lipinski definition) is 19. The SMILES string of the molecule is Cc1ncsc1-c1ccc([C@H](C)NC(=O)[C@@H]2C[C@@H](Oc3cccc(-c4cc(N5CC6CCC(C5)N6c5ccnc(O[C@H]6C[C@H](C=O)C6)c5)c(N)nn4)c3O)CN2C(=O)[C@H](c2cc(N3CCN(CC4CCNCC4)CC3)no2)C(C)C)cc1. The summed E-state index contributed by atoms with van der Waals surface area (Å²) in [4.78, 5) is 62.3. The second-order valence-electron chi connectivity index (χ2n) is 23.7. The number of piperidine rings is 1. The number of aldehydes is 1. The van der Waals surface area contributed by atoms with Gasteiger partial charge in [-0.25, -0.2) is 9.97 Å². The Balaban J connectivity index is 0.754. The number of aromatic hydroxyl groups is 1. The molecule has 82 heavy (non-hydrogen) atoms. The summed E-state index contributed by atoms with van der Waals surface area (Å²) in [6.45, 7) is 16.2. The number of carbonyl (C=O) groups is 3. The number of ether oxygens (including phenoxy) is 2.